The molecule has 0 radical (unpaired) electrons. The second-order valence-electron chi connectivity index (χ2n) is 7.94. The molecule has 0 atom stereocenters. The number of hydrogen-bond acceptors (Lipinski definition) is 6. The van der Waals surface area contributed by atoms with Crippen LogP contribution in [0.1, 0.15) is 20.7 Å². The van der Waals surface area contributed by atoms with E-state index in [0.29, 0.717) is 22.0 Å². The van der Waals surface area contributed by atoms with Gasteiger partial charge >= 0.3 is 0 Å². The van der Waals surface area contributed by atoms with Crippen molar-refractivity contribution in [1.82, 2.24) is 19.3 Å². The third-order valence-electron chi connectivity index (χ3n) is 5.82. The summed E-state index contributed by atoms with van der Waals surface area (Å²) in [7, 11) is 1.44. The number of anilines is 1. The van der Waals surface area contributed by atoms with Crippen LogP contribution in [-0.4, -0.2) is 49.8 Å². The maximum Gasteiger partial charge on any atom is 0.261 e. The standard InChI is InChI=1S/C25H17N5O3S/c1-29-23(32)15-11-10-14(12-17(15)24(29)33)26-21(31)13-34-25-28-18-7-3-2-6-16(18)22-27-19-8-4-5-9-20(19)30(22)25/h2-12H,13H2,1H3,(H,26,31). The SMILES string of the molecule is CN1C(=O)c2ccc(NC(=O)CSc3nc4ccccc4c4nc5ccccc5n34)cc2C1=O. The van der Waals surface area contributed by atoms with E-state index in [9.17, 15) is 14.4 Å². The molecule has 6 rings (SSSR count). The molecule has 34 heavy (non-hydrogen) atoms. The van der Waals surface area contributed by atoms with Crippen LogP contribution in [0, 0.1) is 0 Å². The topological polar surface area (TPSA) is 96.7 Å². The number of amides is 3. The third-order valence-corrected chi connectivity index (χ3v) is 6.76. The van der Waals surface area contributed by atoms with Crippen molar-refractivity contribution < 1.29 is 14.4 Å². The van der Waals surface area contributed by atoms with E-state index in [0.717, 1.165) is 32.5 Å². The molecular weight excluding hydrogens is 450 g/mol. The predicted octanol–water partition coefficient (Wildman–Crippen LogP) is 3.99. The first-order chi connectivity index (χ1) is 16.5. The van der Waals surface area contributed by atoms with Gasteiger partial charge in [-0.2, -0.15) is 0 Å². The lowest BCUT2D eigenvalue weighted by Gasteiger charge is -2.09. The van der Waals surface area contributed by atoms with Gasteiger partial charge in [0.05, 0.1) is 33.4 Å². The fraction of sp³-hybridized carbons (Fsp3) is 0.0800. The molecule has 0 saturated carbocycles. The molecule has 3 aromatic carbocycles. The van der Waals surface area contributed by atoms with Gasteiger partial charge in [0.1, 0.15) is 5.65 Å². The number of hydrogen-bond donors (Lipinski definition) is 1. The lowest BCUT2D eigenvalue weighted by Crippen LogP contribution is -2.24. The summed E-state index contributed by atoms with van der Waals surface area (Å²) in [4.78, 5) is 47.7. The highest BCUT2D eigenvalue weighted by Gasteiger charge is 2.32. The van der Waals surface area contributed by atoms with E-state index in [2.05, 4.69) is 5.32 Å². The Labute approximate surface area is 197 Å². The van der Waals surface area contributed by atoms with Crippen LogP contribution >= 0.6 is 11.8 Å². The number of carbonyl (C=O) groups is 3. The molecule has 0 unspecified atom stereocenters. The summed E-state index contributed by atoms with van der Waals surface area (Å²) in [5.41, 5.74) is 4.47. The minimum atomic E-state index is -0.375. The fourth-order valence-corrected chi connectivity index (χ4v) is 4.99. The molecule has 0 spiro atoms. The van der Waals surface area contributed by atoms with Crippen LogP contribution < -0.4 is 5.32 Å². The summed E-state index contributed by atoms with van der Waals surface area (Å²) in [6, 6.07) is 20.4. The number of carbonyl (C=O) groups excluding carboxylic acids is 3. The fourth-order valence-electron chi connectivity index (χ4n) is 4.18. The highest BCUT2D eigenvalue weighted by molar-refractivity contribution is 7.99. The third kappa shape index (κ3) is 3.12. The van der Waals surface area contributed by atoms with Gasteiger partial charge in [0.25, 0.3) is 11.8 Å². The van der Waals surface area contributed by atoms with E-state index in [-0.39, 0.29) is 23.5 Å². The molecule has 0 fully saturated rings. The van der Waals surface area contributed by atoms with Crippen molar-refractivity contribution in [2.75, 3.05) is 18.1 Å². The van der Waals surface area contributed by atoms with Crippen molar-refractivity contribution in [3.63, 3.8) is 0 Å². The van der Waals surface area contributed by atoms with Gasteiger partial charge < -0.3 is 5.32 Å². The van der Waals surface area contributed by atoms with E-state index < -0.39 is 0 Å². The van der Waals surface area contributed by atoms with Crippen molar-refractivity contribution in [3.05, 3.63) is 77.9 Å². The van der Waals surface area contributed by atoms with Crippen LogP contribution in [0.4, 0.5) is 5.69 Å². The molecule has 9 heteroatoms. The lowest BCUT2D eigenvalue weighted by molar-refractivity contribution is -0.113. The highest BCUT2D eigenvalue weighted by atomic mass is 32.2. The molecule has 166 valence electrons. The molecule has 0 bridgehead atoms. The number of fused-ring (bicyclic) bond motifs is 6. The first-order valence-electron chi connectivity index (χ1n) is 10.6. The molecule has 5 aromatic rings. The van der Waals surface area contributed by atoms with Gasteiger partial charge in [0.15, 0.2) is 5.16 Å². The number of imide groups is 1. The van der Waals surface area contributed by atoms with E-state index in [4.69, 9.17) is 9.97 Å². The zero-order chi connectivity index (χ0) is 23.4. The van der Waals surface area contributed by atoms with E-state index >= 15 is 0 Å². The van der Waals surface area contributed by atoms with Gasteiger partial charge in [-0.15, -0.1) is 0 Å². The summed E-state index contributed by atoms with van der Waals surface area (Å²) >= 11 is 1.31. The van der Waals surface area contributed by atoms with Gasteiger partial charge in [-0.3, -0.25) is 23.7 Å². The maximum atomic E-state index is 12.8. The molecule has 1 aliphatic heterocycles. The zero-order valence-corrected chi connectivity index (χ0v) is 18.8. The number of para-hydroxylation sites is 3. The van der Waals surface area contributed by atoms with Crippen molar-refractivity contribution in [2.24, 2.45) is 0 Å². The Kier molecular flexibility index (Phi) is 4.59. The second kappa shape index (κ2) is 7.67. The molecule has 1 aliphatic rings. The maximum absolute atomic E-state index is 12.8. The van der Waals surface area contributed by atoms with Gasteiger partial charge in [0, 0.05) is 18.1 Å². The molecule has 1 N–H and O–H groups in total. The lowest BCUT2D eigenvalue weighted by atomic mass is 10.1. The molecule has 8 nitrogen and oxygen atoms in total. The Balaban J connectivity index is 1.30. The number of benzene rings is 3. The Morgan fingerprint density at radius 1 is 0.912 bits per heavy atom. The van der Waals surface area contributed by atoms with Crippen LogP contribution in [0.2, 0.25) is 0 Å². The minimum absolute atomic E-state index is 0.108. The number of aromatic nitrogens is 3. The molecule has 0 aliphatic carbocycles. The molecule has 3 heterocycles. The van der Waals surface area contributed by atoms with Crippen molar-refractivity contribution in [2.45, 2.75) is 5.16 Å². The monoisotopic (exact) mass is 467 g/mol. The number of rotatable bonds is 4. The van der Waals surface area contributed by atoms with Crippen molar-refractivity contribution >= 4 is 62.8 Å². The van der Waals surface area contributed by atoms with Crippen LogP contribution in [0.15, 0.2) is 71.9 Å². The Bertz CT molecular complexity index is 1680. The summed E-state index contributed by atoms with van der Waals surface area (Å²) in [6.07, 6.45) is 0. The van der Waals surface area contributed by atoms with E-state index in [1.54, 1.807) is 12.1 Å². The first kappa shape index (κ1) is 20.4. The smallest absolute Gasteiger partial charge is 0.261 e. The Morgan fingerprint density at radius 2 is 1.65 bits per heavy atom. The Morgan fingerprint density at radius 3 is 2.50 bits per heavy atom. The van der Waals surface area contributed by atoms with E-state index in [1.165, 1.54) is 24.9 Å². The first-order valence-corrected chi connectivity index (χ1v) is 11.5. The van der Waals surface area contributed by atoms with Gasteiger partial charge in [-0.25, -0.2) is 9.97 Å². The van der Waals surface area contributed by atoms with Crippen LogP contribution in [0.5, 0.6) is 0 Å². The van der Waals surface area contributed by atoms with Crippen LogP contribution in [0.3, 0.4) is 0 Å². The minimum Gasteiger partial charge on any atom is -0.325 e. The highest BCUT2D eigenvalue weighted by Crippen LogP contribution is 2.29. The van der Waals surface area contributed by atoms with Gasteiger partial charge in [0.2, 0.25) is 5.91 Å². The van der Waals surface area contributed by atoms with Gasteiger partial charge in [-0.05, 0) is 42.5 Å². The van der Waals surface area contributed by atoms with Crippen molar-refractivity contribution in [3.8, 4) is 0 Å². The zero-order valence-electron chi connectivity index (χ0n) is 18.0. The summed E-state index contributed by atoms with van der Waals surface area (Å²) in [5, 5.41) is 4.41. The largest absolute Gasteiger partial charge is 0.325 e. The number of nitrogens with one attached hydrogen (secondary N) is 1. The summed E-state index contributed by atoms with van der Waals surface area (Å²) in [5.74, 6) is -0.855. The summed E-state index contributed by atoms with van der Waals surface area (Å²) < 4.78 is 1.98. The average Bonchev–Trinajstić information content (AvgIpc) is 3.35. The quantitative estimate of drug-likeness (QED) is 0.244. The van der Waals surface area contributed by atoms with Crippen LogP contribution in [0.25, 0.3) is 27.6 Å². The second-order valence-corrected chi connectivity index (χ2v) is 8.88. The Hall–Kier alpha value is -4.24. The molecule has 0 saturated heterocycles. The number of imidazole rings is 1. The number of thioether (sulfide) groups is 1. The predicted molar refractivity (Wildman–Crippen MR) is 130 cm³/mol. The normalized spacial score (nSPS) is 13.3. The molecule has 3 amide bonds. The number of nitrogens with zero attached hydrogens (tertiary/aromatic N) is 4. The molecule has 2 aromatic heterocycles. The average molecular weight is 468 g/mol. The van der Waals surface area contributed by atoms with Gasteiger partial charge in [-0.1, -0.05) is 36.0 Å². The van der Waals surface area contributed by atoms with Crippen LogP contribution in [-0.2, 0) is 4.79 Å². The van der Waals surface area contributed by atoms with E-state index in [1.807, 2.05) is 52.9 Å². The van der Waals surface area contributed by atoms with Crippen molar-refractivity contribution in [1.29, 1.82) is 0 Å². The summed E-state index contributed by atoms with van der Waals surface area (Å²) in [6.45, 7) is 0. The molecular formula is C25H17N5O3S.